The summed E-state index contributed by atoms with van der Waals surface area (Å²) in [6.45, 7) is 0.364. The molecule has 96 valence electrons. The van der Waals surface area contributed by atoms with Crippen molar-refractivity contribution in [2.24, 2.45) is 0 Å². The third-order valence-electron chi connectivity index (χ3n) is 2.66. The lowest BCUT2D eigenvalue weighted by atomic mass is 10.1. The van der Waals surface area contributed by atoms with Gasteiger partial charge in [-0.05, 0) is 29.8 Å². The van der Waals surface area contributed by atoms with Crippen molar-refractivity contribution in [2.75, 3.05) is 0 Å². The Morgan fingerprint density at radius 2 is 1.68 bits per heavy atom. The molecule has 0 spiro atoms. The van der Waals surface area contributed by atoms with E-state index in [9.17, 15) is 9.18 Å². The molecule has 0 bridgehead atoms. The predicted molar refractivity (Wildman–Crippen MR) is 71.5 cm³/mol. The lowest BCUT2D eigenvalue weighted by molar-refractivity contribution is -0.114. The molecule has 0 aliphatic heterocycles. The fourth-order valence-corrected chi connectivity index (χ4v) is 1.61. The summed E-state index contributed by atoms with van der Waals surface area (Å²) in [7, 11) is 0. The maximum Gasteiger partial charge on any atom is 0.270 e. The molecule has 2 N–H and O–H groups in total. The average Bonchev–Trinajstić information content (AvgIpc) is 2.46. The molecule has 4 heteroatoms. The van der Waals surface area contributed by atoms with Crippen molar-refractivity contribution in [1.82, 2.24) is 5.32 Å². The van der Waals surface area contributed by atoms with Gasteiger partial charge in [-0.25, -0.2) is 4.39 Å². The van der Waals surface area contributed by atoms with Gasteiger partial charge < -0.3 is 5.32 Å². The lowest BCUT2D eigenvalue weighted by Crippen LogP contribution is -2.30. The Labute approximate surface area is 110 Å². The molecular formula is C15H13FN2O. The van der Waals surface area contributed by atoms with Crippen molar-refractivity contribution >= 4 is 11.6 Å². The van der Waals surface area contributed by atoms with Crippen molar-refractivity contribution < 1.29 is 9.18 Å². The Hall–Kier alpha value is -2.49. The minimum absolute atomic E-state index is 0.170. The molecule has 2 rings (SSSR count). The maximum atomic E-state index is 12.7. The van der Waals surface area contributed by atoms with Crippen molar-refractivity contribution in [2.45, 2.75) is 6.54 Å². The van der Waals surface area contributed by atoms with Crippen LogP contribution in [0.3, 0.4) is 0 Å². The first-order chi connectivity index (χ1) is 9.16. The Balaban J connectivity index is 1.96. The van der Waals surface area contributed by atoms with Crippen LogP contribution in [-0.2, 0) is 11.3 Å². The number of amides is 1. The Kier molecular flexibility index (Phi) is 4.03. The molecule has 0 fully saturated rings. The number of carbonyl (C=O) groups excluding carboxylic acids is 1. The summed E-state index contributed by atoms with van der Waals surface area (Å²) in [5.41, 5.74) is 1.19. The molecule has 0 unspecified atom stereocenters. The molecule has 0 heterocycles. The number of hydrogen-bond acceptors (Lipinski definition) is 2. The van der Waals surface area contributed by atoms with Gasteiger partial charge in [-0.2, -0.15) is 0 Å². The van der Waals surface area contributed by atoms with Crippen LogP contribution in [0.5, 0.6) is 0 Å². The van der Waals surface area contributed by atoms with Crippen molar-refractivity contribution in [1.29, 1.82) is 5.41 Å². The molecule has 1 amide bonds. The van der Waals surface area contributed by atoms with E-state index in [1.54, 1.807) is 0 Å². The van der Waals surface area contributed by atoms with Gasteiger partial charge in [-0.15, -0.1) is 0 Å². The van der Waals surface area contributed by atoms with Crippen LogP contribution in [0, 0.1) is 11.2 Å². The van der Waals surface area contributed by atoms with E-state index in [2.05, 4.69) is 5.32 Å². The normalized spacial score (nSPS) is 9.95. The zero-order valence-corrected chi connectivity index (χ0v) is 10.2. The highest BCUT2D eigenvalue weighted by molar-refractivity contribution is 6.44. The Bertz CT molecular complexity index is 579. The van der Waals surface area contributed by atoms with E-state index in [1.807, 2.05) is 30.3 Å². The summed E-state index contributed by atoms with van der Waals surface area (Å²) in [4.78, 5) is 11.8. The highest BCUT2D eigenvalue weighted by Gasteiger charge is 2.11. The smallest absolute Gasteiger partial charge is 0.270 e. The van der Waals surface area contributed by atoms with Crippen LogP contribution < -0.4 is 5.32 Å². The highest BCUT2D eigenvalue weighted by atomic mass is 19.1. The quantitative estimate of drug-likeness (QED) is 0.811. The van der Waals surface area contributed by atoms with Crippen molar-refractivity contribution in [3.8, 4) is 0 Å². The molecule has 2 aromatic carbocycles. The van der Waals surface area contributed by atoms with Crippen LogP contribution in [0.25, 0.3) is 0 Å². The van der Waals surface area contributed by atoms with Gasteiger partial charge in [-0.1, -0.05) is 30.3 Å². The van der Waals surface area contributed by atoms with E-state index < -0.39 is 5.91 Å². The van der Waals surface area contributed by atoms with Gasteiger partial charge in [0.15, 0.2) is 0 Å². The van der Waals surface area contributed by atoms with Crippen molar-refractivity contribution in [3.05, 3.63) is 71.5 Å². The first-order valence-electron chi connectivity index (χ1n) is 5.83. The van der Waals surface area contributed by atoms with Crippen LogP contribution in [0.15, 0.2) is 54.6 Å². The largest absolute Gasteiger partial charge is 0.347 e. The van der Waals surface area contributed by atoms with E-state index in [0.717, 1.165) is 5.56 Å². The molecule has 19 heavy (non-hydrogen) atoms. The van der Waals surface area contributed by atoms with Crippen LogP contribution in [-0.4, -0.2) is 11.6 Å². The summed E-state index contributed by atoms with van der Waals surface area (Å²) in [6, 6.07) is 14.7. The summed E-state index contributed by atoms with van der Waals surface area (Å²) >= 11 is 0. The lowest BCUT2D eigenvalue weighted by Gasteiger charge is -2.06. The first kappa shape index (κ1) is 13.0. The summed E-state index contributed by atoms with van der Waals surface area (Å²) in [5.74, 6) is -0.864. The van der Waals surface area contributed by atoms with E-state index in [4.69, 9.17) is 5.41 Å². The molecule has 0 aromatic heterocycles. The average molecular weight is 256 g/mol. The van der Waals surface area contributed by atoms with E-state index >= 15 is 0 Å². The van der Waals surface area contributed by atoms with E-state index in [0.29, 0.717) is 12.1 Å². The molecule has 0 radical (unpaired) electrons. The molecule has 0 saturated heterocycles. The second-order valence-electron chi connectivity index (χ2n) is 4.05. The number of carbonyl (C=O) groups is 1. The number of nitrogens with one attached hydrogen (secondary N) is 2. The summed E-state index contributed by atoms with van der Waals surface area (Å²) in [6.07, 6.45) is 0. The van der Waals surface area contributed by atoms with Gasteiger partial charge >= 0.3 is 0 Å². The zero-order chi connectivity index (χ0) is 13.7. The third-order valence-corrected chi connectivity index (χ3v) is 2.66. The Morgan fingerprint density at radius 3 is 2.32 bits per heavy atom. The second-order valence-corrected chi connectivity index (χ2v) is 4.05. The predicted octanol–water partition coefficient (Wildman–Crippen LogP) is 2.51. The topological polar surface area (TPSA) is 53.0 Å². The number of hydrogen-bond donors (Lipinski definition) is 2. The van der Waals surface area contributed by atoms with Gasteiger partial charge in [-0.3, -0.25) is 10.2 Å². The monoisotopic (exact) mass is 256 g/mol. The fourth-order valence-electron chi connectivity index (χ4n) is 1.61. The highest BCUT2D eigenvalue weighted by Crippen LogP contribution is 2.04. The minimum atomic E-state index is -0.476. The number of benzene rings is 2. The van der Waals surface area contributed by atoms with Crippen LogP contribution in [0.2, 0.25) is 0 Å². The molecule has 0 atom stereocenters. The molecule has 0 aliphatic carbocycles. The summed E-state index contributed by atoms with van der Waals surface area (Å²) in [5, 5.41) is 10.4. The molecular weight excluding hydrogens is 243 g/mol. The second kappa shape index (κ2) is 5.91. The maximum absolute atomic E-state index is 12.7. The summed E-state index contributed by atoms with van der Waals surface area (Å²) < 4.78 is 12.7. The van der Waals surface area contributed by atoms with Gasteiger partial charge in [0.05, 0.1) is 0 Å². The van der Waals surface area contributed by atoms with Crippen LogP contribution in [0.1, 0.15) is 11.1 Å². The SMILES string of the molecule is N=C(C(=O)NCc1ccccc1)c1ccc(F)cc1. The first-order valence-corrected chi connectivity index (χ1v) is 5.83. The number of rotatable bonds is 4. The van der Waals surface area contributed by atoms with E-state index in [-0.39, 0.29) is 11.5 Å². The van der Waals surface area contributed by atoms with Gasteiger partial charge in [0.2, 0.25) is 0 Å². The third kappa shape index (κ3) is 3.48. The molecule has 0 aliphatic rings. The van der Waals surface area contributed by atoms with Gasteiger partial charge in [0.1, 0.15) is 11.5 Å². The fraction of sp³-hybridized carbons (Fsp3) is 0.0667. The van der Waals surface area contributed by atoms with Crippen molar-refractivity contribution in [3.63, 3.8) is 0 Å². The molecule has 3 nitrogen and oxygen atoms in total. The van der Waals surface area contributed by atoms with Gasteiger partial charge in [0.25, 0.3) is 5.91 Å². The minimum Gasteiger partial charge on any atom is -0.347 e. The number of halogens is 1. The van der Waals surface area contributed by atoms with E-state index in [1.165, 1.54) is 24.3 Å². The molecule has 0 saturated carbocycles. The Morgan fingerprint density at radius 1 is 1.05 bits per heavy atom. The van der Waals surface area contributed by atoms with Gasteiger partial charge in [0, 0.05) is 12.1 Å². The standard InChI is InChI=1S/C15H13FN2O/c16-13-8-6-12(7-9-13)14(17)15(19)18-10-11-4-2-1-3-5-11/h1-9,17H,10H2,(H,18,19). The van der Waals surface area contributed by atoms with Crippen LogP contribution in [0.4, 0.5) is 4.39 Å². The van der Waals surface area contributed by atoms with Crippen LogP contribution >= 0.6 is 0 Å². The zero-order valence-electron chi connectivity index (χ0n) is 10.2. The molecule has 2 aromatic rings.